The quantitative estimate of drug-likeness (QED) is 0.749. The number of thioether (sulfide) groups is 1. The van der Waals surface area contributed by atoms with Crippen molar-refractivity contribution in [1.29, 1.82) is 0 Å². The first-order valence-corrected chi connectivity index (χ1v) is 6.17. The van der Waals surface area contributed by atoms with Gasteiger partial charge in [-0.15, -0.1) is 0 Å². The molecule has 16 heavy (non-hydrogen) atoms. The highest BCUT2D eigenvalue weighted by Gasteiger charge is 2.35. The Morgan fingerprint density at radius 1 is 1.25 bits per heavy atom. The monoisotopic (exact) mass is 247 g/mol. The van der Waals surface area contributed by atoms with Gasteiger partial charge in [-0.05, 0) is 13.8 Å². The van der Waals surface area contributed by atoms with Crippen LogP contribution in [0.2, 0.25) is 0 Å². The molecule has 0 spiro atoms. The molecular formula is C11H21NO3S. The third-order valence-corrected chi connectivity index (χ3v) is 4.80. The molecule has 0 rings (SSSR count). The normalized spacial score (nSPS) is 17.6. The summed E-state index contributed by atoms with van der Waals surface area (Å²) in [5, 5.41) is 8.98. The summed E-state index contributed by atoms with van der Waals surface area (Å²) in [4.78, 5) is 21.9. The molecule has 4 nitrogen and oxygen atoms in total. The van der Waals surface area contributed by atoms with E-state index in [0.717, 1.165) is 0 Å². The Morgan fingerprint density at radius 2 is 1.69 bits per heavy atom. The number of hydrogen-bond donors (Lipinski definition) is 2. The molecule has 0 aromatic carbocycles. The van der Waals surface area contributed by atoms with Crippen LogP contribution in [0.25, 0.3) is 0 Å². The fourth-order valence-electron chi connectivity index (χ4n) is 1.21. The van der Waals surface area contributed by atoms with E-state index in [1.807, 2.05) is 20.8 Å². The molecule has 0 fully saturated rings. The van der Waals surface area contributed by atoms with E-state index < -0.39 is 16.6 Å². The van der Waals surface area contributed by atoms with Gasteiger partial charge in [0.2, 0.25) is 5.91 Å². The third-order valence-electron chi connectivity index (χ3n) is 3.06. The molecule has 94 valence electrons. The van der Waals surface area contributed by atoms with E-state index in [4.69, 9.17) is 10.8 Å². The number of carboxylic acid groups (broad SMARTS) is 1. The van der Waals surface area contributed by atoms with Crippen molar-refractivity contribution in [3.63, 3.8) is 0 Å². The van der Waals surface area contributed by atoms with Gasteiger partial charge in [0.15, 0.2) is 0 Å². The van der Waals surface area contributed by atoms with Gasteiger partial charge in [-0.2, -0.15) is 11.8 Å². The highest BCUT2D eigenvalue weighted by molar-refractivity contribution is 8.01. The van der Waals surface area contributed by atoms with Crippen molar-refractivity contribution in [2.24, 2.45) is 17.6 Å². The zero-order chi connectivity index (χ0) is 13.1. The number of rotatable bonds is 6. The van der Waals surface area contributed by atoms with Crippen LogP contribution in [0.15, 0.2) is 0 Å². The lowest BCUT2D eigenvalue weighted by Crippen LogP contribution is -2.36. The van der Waals surface area contributed by atoms with Crippen LogP contribution >= 0.6 is 11.8 Å². The molecule has 0 saturated heterocycles. The van der Waals surface area contributed by atoms with Crippen LogP contribution in [-0.2, 0) is 9.59 Å². The number of primary amides is 1. The molecule has 0 aliphatic carbocycles. The maximum atomic E-state index is 11.0. The van der Waals surface area contributed by atoms with Crippen LogP contribution < -0.4 is 5.73 Å². The van der Waals surface area contributed by atoms with Crippen molar-refractivity contribution in [3.05, 3.63) is 0 Å². The predicted molar refractivity (Wildman–Crippen MR) is 66.3 cm³/mol. The van der Waals surface area contributed by atoms with Crippen LogP contribution in [0.5, 0.6) is 0 Å². The largest absolute Gasteiger partial charge is 0.481 e. The number of nitrogens with two attached hydrogens (primary N) is 1. The third kappa shape index (κ3) is 4.04. The predicted octanol–water partition coefficient (Wildman–Crippen LogP) is 1.73. The Bertz CT molecular complexity index is 278. The molecule has 0 saturated carbocycles. The number of carbonyl (C=O) groups is 2. The second kappa shape index (κ2) is 5.57. The van der Waals surface area contributed by atoms with E-state index in [2.05, 4.69) is 0 Å². The first-order valence-electron chi connectivity index (χ1n) is 5.29. The molecule has 0 aromatic rings. The highest BCUT2D eigenvalue weighted by Crippen LogP contribution is 2.38. The first-order chi connectivity index (χ1) is 7.09. The molecule has 1 amide bonds. The number of carbonyl (C=O) groups excluding carboxylic acids is 1. The summed E-state index contributed by atoms with van der Waals surface area (Å²) in [7, 11) is 0. The second-order valence-electron chi connectivity index (χ2n) is 4.68. The average molecular weight is 247 g/mol. The lowest BCUT2D eigenvalue weighted by molar-refractivity contribution is -0.141. The molecule has 3 unspecified atom stereocenters. The minimum atomic E-state index is -0.823. The standard InChI is InChI=1S/C11H21NO3S/c1-6(9(12)13)8(3)16-11(4,5)7(2)10(14)15/h6-8H,1-5H3,(H2,12,13)(H,14,15). The SMILES string of the molecule is CC(SC(C)(C)C(C)C(=O)O)C(C)C(N)=O. The molecule has 0 aliphatic rings. The van der Waals surface area contributed by atoms with Crippen molar-refractivity contribution < 1.29 is 14.7 Å². The summed E-state index contributed by atoms with van der Waals surface area (Å²) in [5.41, 5.74) is 5.22. The first kappa shape index (κ1) is 15.3. The van der Waals surface area contributed by atoms with E-state index in [-0.39, 0.29) is 17.1 Å². The van der Waals surface area contributed by atoms with Gasteiger partial charge < -0.3 is 10.8 Å². The van der Waals surface area contributed by atoms with E-state index in [1.54, 1.807) is 13.8 Å². The number of amides is 1. The highest BCUT2D eigenvalue weighted by atomic mass is 32.2. The molecule has 3 atom stereocenters. The van der Waals surface area contributed by atoms with Crippen LogP contribution in [0.4, 0.5) is 0 Å². The van der Waals surface area contributed by atoms with Crippen LogP contribution in [0.3, 0.4) is 0 Å². The van der Waals surface area contributed by atoms with Crippen molar-refractivity contribution in [3.8, 4) is 0 Å². The number of aliphatic carboxylic acids is 1. The molecule has 3 N–H and O–H groups in total. The van der Waals surface area contributed by atoms with Gasteiger partial charge in [0.25, 0.3) is 0 Å². The van der Waals surface area contributed by atoms with E-state index in [1.165, 1.54) is 11.8 Å². The van der Waals surface area contributed by atoms with Crippen molar-refractivity contribution in [2.45, 2.75) is 44.6 Å². The average Bonchev–Trinajstić information content (AvgIpc) is 2.14. The summed E-state index contributed by atoms with van der Waals surface area (Å²) < 4.78 is -0.422. The number of carboxylic acids is 1. The zero-order valence-electron chi connectivity index (χ0n) is 10.5. The minimum absolute atomic E-state index is 0.00861. The van der Waals surface area contributed by atoms with Crippen molar-refractivity contribution >= 4 is 23.6 Å². The van der Waals surface area contributed by atoms with Gasteiger partial charge in [-0.25, -0.2) is 0 Å². The Hall–Kier alpha value is -0.710. The van der Waals surface area contributed by atoms with E-state index in [9.17, 15) is 9.59 Å². The molecule has 0 heterocycles. The Balaban J connectivity index is 4.58. The van der Waals surface area contributed by atoms with Crippen molar-refractivity contribution in [2.75, 3.05) is 0 Å². The van der Waals surface area contributed by atoms with Gasteiger partial charge >= 0.3 is 5.97 Å². The Labute approximate surface area is 101 Å². The van der Waals surface area contributed by atoms with Crippen LogP contribution in [0, 0.1) is 11.8 Å². The zero-order valence-corrected chi connectivity index (χ0v) is 11.3. The summed E-state index contributed by atoms with van der Waals surface area (Å²) in [6.45, 7) is 9.09. The molecule has 5 heteroatoms. The summed E-state index contributed by atoms with van der Waals surface area (Å²) >= 11 is 1.49. The Kier molecular flexibility index (Phi) is 5.32. The maximum Gasteiger partial charge on any atom is 0.307 e. The minimum Gasteiger partial charge on any atom is -0.481 e. The Morgan fingerprint density at radius 3 is 2.00 bits per heavy atom. The molecule has 0 radical (unpaired) electrons. The smallest absolute Gasteiger partial charge is 0.307 e. The topological polar surface area (TPSA) is 80.4 Å². The van der Waals surface area contributed by atoms with Gasteiger partial charge in [-0.3, -0.25) is 9.59 Å². The molecule has 0 bridgehead atoms. The van der Waals surface area contributed by atoms with E-state index >= 15 is 0 Å². The van der Waals surface area contributed by atoms with Gasteiger partial charge in [0, 0.05) is 15.9 Å². The fourth-order valence-corrected chi connectivity index (χ4v) is 2.81. The van der Waals surface area contributed by atoms with Gasteiger partial charge in [0.05, 0.1) is 5.92 Å². The van der Waals surface area contributed by atoms with Crippen LogP contribution in [-0.4, -0.2) is 27.0 Å². The maximum absolute atomic E-state index is 11.0. The second-order valence-corrected chi connectivity index (χ2v) is 6.71. The van der Waals surface area contributed by atoms with Gasteiger partial charge in [-0.1, -0.05) is 20.8 Å². The van der Waals surface area contributed by atoms with Crippen molar-refractivity contribution in [1.82, 2.24) is 0 Å². The number of hydrogen-bond acceptors (Lipinski definition) is 3. The summed E-state index contributed by atoms with van der Waals surface area (Å²) in [6.07, 6.45) is 0. The molecule has 0 aromatic heterocycles. The van der Waals surface area contributed by atoms with Crippen LogP contribution in [0.1, 0.15) is 34.6 Å². The molecular weight excluding hydrogens is 226 g/mol. The lowest BCUT2D eigenvalue weighted by Gasteiger charge is -2.32. The van der Waals surface area contributed by atoms with E-state index in [0.29, 0.717) is 0 Å². The lowest BCUT2D eigenvalue weighted by atomic mass is 9.97. The summed E-state index contributed by atoms with van der Waals surface area (Å²) in [5.74, 6) is -1.90. The van der Waals surface area contributed by atoms with Gasteiger partial charge in [0.1, 0.15) is 0 Å². The molecule has 0 aliphatic heterocycles. The summed E-state index contributed by atoms with van der Waals surface area (Å²) in [6, 6.07) is 0. The fraction of sp³-hybridized carbons (Fsp3) is 0.818.